The first-order valence-electron chi connectivity index (χ1n) is 9.65. The molecule has 3 aromatic rings. The molecule has 0 fully saturated rings. The van der Waals surface area contributed by atoms with Crippen LogP contribution in [0.15, 0.2) is 72.8 Å². The Labute approximate surface area is 207 Å². The molecule has 33 heavy (non-hydrogen) atoms. The highest BCUT2D eigenvalue weighted by atomic mass is 35.5. The molecule has 0 aliphatic heterocycles. The smallest absolute Gasteiger partial charge is 0.260 e. The van der Waals surface area contributed by atoms with E-state index in [4.69, 9.17) is 27.9 Å². The number of carbonyl (C=O) groups is 3. The van der Waals surface area contributed by atoms with Crippen LogP contribution in [0.4, 0.5) is 5.69 Å². The molecular formula is C24H21Cl3N2O4. The monoisotopic (exact) mass is 506 g/mol. The summed E-state index contributed by atoms with van der Waals surface area (Å²) < 4.78 is 5.49. The summed E-state index contributed by atoms with van der Waals surface area (Å²) in [6.07, 6.45) is 0. The average Bonchev–Trinajstić information content (AvgIpc) is 2.80. The molecule has 0 aliphatic rings. The summed E-state index contributed by atoms with van der Waals surface area (Å²) >= 11 is 12.1. The van der Waals surface area contributed by atoms with Crippen molar-refractivity contribution in [2.45, 2.75) is 0 Å². The standard InChI is InChI=1S/C24H20Cl2N2O4.ClH/c1-28(14-21(29)27-23-19(25)8-5-9-20(23)26)22(30)15-32-18-12-10-17(11-13-18)24(31)16-6-3-2-4-7-16;/h2-13H,14-15H2,1H3,(H,27,29);1H. The number of carbonyl (C=O) groups excluding carboxylic acids is 3. The van der Waals surface area contributed by atoms with Crippen LogP contribution in [0.25, 0.3) is 0 Å². The second-order valence-corrected chi connectivity index (χ2v) is 7.72. The van der Waals surface area contributed by atoms with Crippen LogP contribution >= 0.6 is 35.6 Å². The van der Waals surface area contributed by atoms with E-state index in [9.17, 15) is 14.4 Å². The van der Waals surface area contributed by atoms with E-state index in [1.165, 1.54) is 11.9 Å². The van der Waals surface area contributed by atoms with E-state index >= 15 is 0 Å². The summed E-state index contributed by atoms with van der Waals surface area (Å²) in [5.74, 6) is -0.504. The number of likely N-dealkylation sites (N-methyl/N-ethyl adjacent to an activating group) is 1. The van der Waals surface area contributed by atoms with Gasteiger partial charge in [-0.1, -0.05) is 59.6 Å². The van der Waals surface area contributed by atoms with Crippen molar-refractivity contribution in [1.82, 2.24) is 4.90 Å². The Balaban J connectivity index is 0.00000385. The van der Waals surface area contributed by atoms with Crippen LogP contribution in [0, 0.1) is 0 Å². The Hall–Kier alpha value is -3.06. The fourth-order valence-corrected chi connectivity index (χ4v) is 3.31. The van der Waals surface area contributed by atoms with Crippen LogP contribution in [0.3, 0.4) is 0 Å². The van der Waals surface area contributed by atoms with Gasteiger partial charge in [0.25, 0.3) is 5.91 Å². The lowest BCUT2D eigenvalue weighted by atomic mass is 10.0. The lowest BCUT2D eigenvalue weighted by molar-refractivity contribution is -0.135. The molecule has 172 valence electrons. The molecule has 0 heterocycles. The predicted octanol–water partition coefficient (Wildman–Crippen LogP) is 5.12. The fraction of sp³-hybridized carbons (Fsp3) is 0.125. The maximum atomic E-state index is 12.4. The number of nitrogens with zero attached hydrogens (tertiary/aromatic N) is 1. The molecule has 3 aromatic carbocycles. The third-order valence-electron chi connectivity index (χ3n) is 4.55. The molecule has 0 atom stereocenters. The van der Waals surface area contributed by atoms with Crippen molar-refractivity contribution in [3.05, 3.63) is 94.0 Å². The second kappa shape index (κ2) is 12.3. The molecule has 0 radical (unpaired) electrons. The highest BCUT2D eigenvalue weighted by Crippen LogP contribution is 2.29. The lowest BCUT2D eigenvalue weighted by Gasteiger charge is -2.18. The third-order valence-corrected chi connectivity index (χ3v) is 5.18. The van der Waals surface area contributed by atoms with Crippen LogP contribution in [0.5, 0.6) is 5.75 Å². The lowest BCUT2D eigenvalue weighted by Crippen LogP contribution is -2.37. The van der Waals surface area contributed by atoms with E-state index in [1.807, 2.05) is 6.07 Å². The van der Waals surface area contributed by atoms with Crippen molar-refractivity contribution in [2.75, 3.05) is 25.5 Å². The van der Waals surface area contributed by atoms with E-state index in [0.29, 0.717) is 32.6 Å². The van der Waals surface area contributed by atoms with Gasteiger partial charge in [0, 0.05) is 18.2 Å². The largest absolute Gasteiger partial charge is 0.484 e. The molecule has 0 aromatic heterocycles. The maximum absolute atomic E-state index is 12.4. The number of ketones is 1. The van der Waals surface area contributed by atoms with E-state index in [0.717, 1.165) is 0 Å². The number of hydrogen-bond donors (Lipinski definition) is 1. The number of benzene rings is 3. The number of para-hydroxylation sites is 1. The first-order chi connectivity index (χ1) is 15.3. The molecule has 0 spiro atoms. The van der Waals surface area contributed by atoms with E-state index in [2.05, 4.69) is 5.32 Å². The number of ether oxygens (including phenoxy) is 1. The van der Waals surface area contributed by atoms with Crippen LogP contribution in [0.1, 0.15) is 15.9 Å². The van der Waals surface area contributed by atoms with Gasteiger partial charge in [0.2, 0.25) is 5.91 Å². The van der Waals surface area contributed by atoms with Gasteiger partial charge >= 0.3 is 0 Å². The van der Waals surface area contributed by atoms with Crippen molar-refractivity contribution in [3.63, 3.8) is 0 Å². The van der Waals surface area contributed by atoms with Crippen molar-refractivity contribution in [1.29, 1.82) is 0 Å². The fourth-order valence-electron chi connectivity index (χ4n) is 2.81. The molecule has 0 aliphatic carbocycles. The van der Waals surface area contributed by atoms with Gasteiger partial charge in [0.05, 0.1) is 22.3 Å². The molecule has 1 N–H and O–H groups in total. The molecule has 0 unspecified atom stereocenters. The molecule has 6 nitrogen and oxygen atoms in total. The third kappa shape index (κ3) is 7.22. The summed E-state index contributed by atoms with van der Waals surface area (Å²) in [4.78, 5) is 38.2. The predicted molar refractivity (Wildman–Crippen MR) is 132 cm³/mol. The summed E-state index contributed by atoms with van der Waals surface area (Å²) in [5.41, 5.74) is 1.40. The zero-order valence-electron chi connectivity index (χ0n) is 17.6. The van der Waals surface area contributed by atoms with Gasteiger partial charge in [0.1, 0.15) is 5.75 Å². The minimum atomic E-state index is -0.445. The van der Waals surface area contributed by atoms with Gasteiger partial charge in [-0.25, -0.2) is 0 Å². The van der Waals surface area contributed by atoms with Gasteiger partial charge < -0.3 is 15.0 Å². The molecule has 0 saturated heterocycles. The highest BCUT2D eigenvalue weighted by molar-refractivity contribution is 6.39. The van der Waals surface area contributed by atoms with Gasteiger partial charge in [-0.05, 0) is 36.4 Å². The first kappa shape index (κ1) is 26.2. The van der Waals surface area contributed by atoms with Crippen molar-refractivity contribution in [2.24, 2.45) is 0 Å². The molecule has 3 rings (SSSR count). The Bertz CT molecular complexity index is 1100. The average molecular weight is 508 g/mol. The second-order valence-electron chi connectivity index (χ2n) is 6.90. The number of amides is 2. The first-order valence-corrected chi connectivity index (χ1v) is 10.4. The van der Waals surface area contributed by atoms with Gasteiger partial charge in [-0.3, -0.25) is 14.4 Å². The van der Waals surface area contributed by atoms with Crippen molar-refractivity contribution < 1.29 is 19.1 Å². The molecule has 2 amide bonds. The highest BCUT2D eigenvalue weighted by Gasteiger charge is 2.16. The molecule has 0 bridgehead atoms. The summed E-state index contributed by atoms with van der Waals surface area (Å²) in [5, 5.41) is 3.21. The van der Waals surface area contributed by atoms with E-state index < -0.39 is 11.8 Å². The minimum absolute atomic E-state index is 0. The SMILES string of the molecule is CN(CC(=O)Nc1c(Cl)cccc1Cl)C(=O)COc1ccc(C(=O)c2ccccc2)cc1.Cl. The normalized spacial score (nSPS) is 10.0. The Morgan fingerprint density at radius 2 is 1.42 bits per heavy atom. The number of hydrogen-bond acceptors (Lipinski definition) is 4. The van der Waals surface area contributed by atoms with Crippen LogP contribution in [-0.4, -0.2) is 42.7 Å². The summed E-state index contributed by atoms with van der Waals surface area (Å²) in [6.45, 7) is -0.461. The van der Waals surface area contributed by atoms with Crippen molar-refractivity contribution in [3.8, 4) is 5.75 Å². The topological polar surface area (TPSA) is 75.7 Å². The Kier molecular flexibility index (Phi) is 9.73. The molecular weight excluding hydrogens is 487 g/mol. The number of nitrogens with one attached hydrogen (secondary N) is 1. The van der Waals surface area contributed by atoms with Gasteiger partial charge in [-0.2, -0.15) is 0 Å². The van der Waals surface area contributed by atoms with Gasteiger partial charge in [0.15, 0.2) is 12.4 Å². The number of rotatable bonds is 8. The Morgan fingerprint density at radius 1 is 0.848 bits per heavy atom. The Morgan fingerprint density at radius 3 is 2.03 bits per heavy atom. The van der Waals surface area contributed by atoms with Crippen LogP contribution < -0.4 is 10.1 Å². The minimum Gasteiger partial charge on any atom is -0.484 e. The van der Waals surface area contributed by atoms with Gasteiger partial charge in [-0.15, -0.1) is 12.4 Å². The quantitative estimate of drug-likeness (QED) is 0.429. The zero-order chi connectivity index (χ0) is 23.1. The number of halogens is 3. The molecule has 9 heteroatoms. The zero-order valence-corrected chi connectivity index (χ0v) is 19.9. The molecule has 0 saturated carbocycles. The van der Waals surface area contributed by atoms with Crippen LogP contribution in [-0.2, 0) is 9.59 Å². The van der Waals surface area contributed by atoms with E-state index in [-0.39, 0.29) is 31.3 Å². The summed E-state index contributed by atoms with van der Waals surface area (Å²) in [7, 11) is 1.49. The van der Waals surface area contributed by atoms with E-state index in [1.54, 1.807) is 66.7 Å². The maximum Gasteiger partial charge on any atom is 0.260 e. The number of anilines is 1. The summed E-state index contributed by atoms with van der Waals surface area (Å²) in [6, 6.07) is 20.3. The van der Waals surface area contributed by atoms with Crippen molar-refractivity contribution >= 4 is 58.9 Å². The van der Waals surface area contributed by atoms with Crippen LogP contribution in [0.2, 0.25) is 10.0 Å².